The zero-order valence-corrected chi connectivity index (χ0v) is 17.6. The molecule has 2 N–H and O–H groups in total. The smallest absolute Gasteiger partial charge is 0.246 e. The van der Waals surface area contributed by atoms with E-state index in [0.717, 1.165) is 34.1 Å². The minimum atomic E-state index is -0.350. The minimum Gasteiger partial charge on any atom is -0.374 e. The Hall–Kier alpha value is -2.66. The molecule has 5 heteroatoms. The lowest BCUT2D eigenvalue weighted by Crippen LogP contribution is -2.32. The van der Waals surface area contributed by atoms with Crippen LogP contribution in [-0.2, 0) is 4.79 Å². The summed E-state index contributed by atoms with van der Waals surface area (Å²) in [6.45, 7) is 8.21. The van der Waals surface area contributed by atoms with Crippen molar-refractivity contribution in [3.05, 3.63) is 64.5 Å². The molecular formula is C23H27N3OS. The summed E-state index contributed by atoms with van der Waals surface area (Å²) in [5, 5.41) is 9.47. The maximum absolute atomic E-state index is 12.7. The monoisotopic (exact) mass is 393 g/mol. The molecular weight excluding hydrogens is 366 g/mol. The fourth-order valence-electron chi connectivity index (χ4n) is 3.05. The van der Waals surface area contributed by atoms with Gasteiger partial charge in [-0.3, -0.25) is 4.79 Å². The predicted octanol–water partition coefficient (Wildman–Crippen LogP) is 6.07. The van der Waals surface area contributed by atoms with Crippen molar-refractivity contribution in [1.29, 1.82) is 0 Å². The lowest BCUT2D eigenvalue weighted by Gasteiger charge is -2.19. The van der Waals surface area contributed by atoms with Crippen molar-refractivity contribution < 1.29 is 4.79 Å². The molecule has 0 spiro atoms. The second-order valence-corrected chi connectivity index (χ2v) is 8.14. The van der Waals surface area contributed by atoms with Crippen molar-refractivity contribution in [2.24, 2.45) is 0 Å². The Morgan fingerprint density at radius 2 is 1.82 bits per heavy atom. The predicted molar refractivity (Wildman–Crippen MR) is 119 cm³/mol. The van der Waals surface area contributed by atoms with Gasteiger partial charge >= 0.3 is 0 Å². The Morgan fingerprint density at radius 1 is 1.11 bits per heavy atom. The first-order valence-electron chi connectivity index (χ1n) is 9.66. The largest absolute Gasteiger partial charge is 0.374 e. The van der Waals surface area contributed by atoms with Gasteiger partial charge in [-0.05, 0) is 49.9 Å². The van der Waals surface area contributed by atoms with E-state index < -0.39 is 0 Å². The van der Waals surface area contributed by atoms with Crippen LogP contribution in [0.25, 0.3) is 11.3 Å². The number of nitrogens with one attached hydrogen (secondary N) is 2. The van der Waals surface area contributed by atoms with Gasteiger partial charge in [-0.15, -0.1) is 11.3 Å². The average Bonchev–Trinajstić information content (AvgIpc) is 3.14. The summed E-state index contributed by atoms with van der Waals surface area (Å²) >= 11 is 1.64. The van der Waals surface area contributed by atoms with E-state index in [0.29, 0.717) is 5.92 Å². The molecule has 0 fully saturated rings. The van der Waals surface area contributed by atoms with Gasteiger partial charge in [0.2, 0.25) is 5.91 Å². The molecule has 1 heterocycles. The van der Waals surface area contributed by atoms with Gasteiger partial charge in [0.05, 0.1) is 10.7 Å². The normalized spacial score (nSPS) is 13.0. The zero-order chi connectivity index (χ0) is 20.1. The molecule has 1 amide bonds. The molecule has 0 saturated carbocycles. The van der Waals surface area contributed by atoms with Gasteiger partial charge in [0.25, 0.3) is 0 Å². The highest BCUT2D eigenvalue weighted by atomic mass is 32.1. The first kappa shape index (κ1) is 20.1. The molecule has 3 rings (SSSR count). The molecule has 28 heavy (non-hydrogen) atoms. The van der Waals surface area contributed by atoms with Crippen LogP contribution in [0.1, 0.15) is 43.7 Å². The number of para-hydroxylation sites is 1. The summed E-state index contributed by atoms with van der Waals surface area (Å²) < 4.78 is 0. The third kappa shape index (κ3) is 4.78. The van der Waals surface area contributed by atoms with Gasteiger partial charge in [-0.25, -0.2) is 4.98 Å². The fraction of sp³-hybridized carbons (Fsp3) is 0.304. The molecule has 4 nitrogen and oxygen atoms in total. The SMILES string of the molecule is CC[C@@H](C)c1ccccc1NC(=O)[C@H](C)Nc1ccc(-c2csc(C)n2)cc1. The van der Waals surface area contributed by atoms with Crippen molar-refractivity contribution >= 4 is 28.6 Å². The first-order valence-corrected chi connectivity index (χ1v) is 10.5. The van der Waals surface area contributed by atoms with Crippen LogP contribution in [0.4, 0.5) is 11.4 Å². The van der Waals surface area contributed by atoms with E-state index in [9.17, 15) is 4.79 Å². The molecule has 3 aromatic rings. The quantitative estimate of drug-likeness (QED) is 0.512. The van der Waals surface area contributed by atoms with Crippen molar-refractivity contribution in [3.63, 3.8) is 0 Å². The maximum Gasteiger partial charge on any atom is 0.246 e. The van der Waals surface area contributed by atoms with Crippen LogP contribution >= 0.6 is 11.3 Å². The van der Waals surface area contributed by atoms with Crippen LogP contribution in [0.3, 0.4) is 0 Å². The summed E-state index contributed by atoms with van der Waals surface area (Å²) in [6.07, 6.45) is 1.03. The van der Waals surface area contributed by atoms with Crippen LogP contribution in [0.5, 0.6) is 0 Å². The van der Waals surface area contributed by atoms with Crippen LogP contribution < -0.4 is 10.6 Å². The highest BCUT2D eigenvalue weighted by Crippen LogP contribution is 2.27. The van der Waals surface area contributed by atoms with E-state index in [1.54, 1.807) is 11.3 Å². The number of aryl methyl sites for hydroxylation is 1. The van der Waals surface area contributed by atoms with Gasteiger partial charge in [-0.2, -0.15) is 0 Å². The lowest BCUT2D eigenvalue weighted by atomic mass is 9.97. The second kappa shape index (κ2) is 9.02. The van der Waals surface area contributed by atoms with Gasteiger partial charge in [0, 0.05) is 22.3 Å². The van der Waals surface area contributed by atoms with Crippen molar-refractivity contribution in [3.8, 4) is 11.3 Å². The molecule has 2 atom stereocenters. The summed E-state index contributed by atoms with van der Waals surface area (Å²) in [7, 11) is 0. The molecule has 0 saturated heterocycles. The molecule has 146 valence electrons. The van der Waals surface area contributed by atoms with Crippen LogP contribution in [-0.4, -0.2) is 16.9 Å². The van der Waals surface area contributed by atoms with E-state index in [1.165, 1.54) is 5.56 Å². The van der Waals surface area contributed by atoms with Crippen molar-refractivity contribution in [2.75, 3.05) is 10.6 Å². The topological polar surface area (TPSA) is 54.0 Å². The molecule has 1 aromatic heterocycles. The fourth-order valence-corrected chi connectivity index (χ4v) is 3.67. The Bertz CT molecular complexity index is 933. The standard InChI is InChI=1S/C23H27N3OS/c1-5-15(2)20-8-6-7-9-21(20)26-23(27)16(3)24-19-12-10-18(11-13-19)22-14-28-17(4)25-22/h6-16,24H,5H2,1-4H3,(H,26,27)/t15-,16+/m1/s1. The molecule has 0 unspecified atom stereocenters. The second-order valence-electron chi connectivity index (χ2n) is 7.08. The van der Waals surface area contributed by atoms with E-state index in [-0.39, 0.29) is 11.9 Å². The van der Waals surface area contributed by atoms with Gasteiger partial charge in [-0.1, -0.05) is 44.2 Å². The summed E-state index contributed by atoms with van der Waals surface area (Å²) in [5.41, 5.74) is 5.04. The number of carbonyl (C=O) groups is 1. The zero-order valence-electron chi connectivity index (χ0n) is 16.8. The third-order valence-corrected chi connectivity index (χ3v) is 5.71. The average molecular weight is 394 g/mol. The van der Waals surface area contributed by atoms with E-state index in [1.807, 2.05) is 56.3 Å². The van der Waals surface area contributed by atoms with Crippen LogP contribution in [0, 0.1) is 6.92 Å². The third-order valence-electron chi connectivity index (χ3n) is 4.94. The maximum atomic E-state index is 12.7. The van der Waals surface area contributed by atoms with E-state index in [2.05, 4.69) is 40.9 Å². The molecule has 0 bridgehead atoms. The summed E-state index contributed by atoms with van der Waals surface area (Å²) in [5.74, 6) is 0.358. The van der Waals surface area contributed by atoms with E-state index >= 15 is 0 Å². The molecule has 0 aliphatic heterocycles. The van der Waals surface area contributed by atoms with Gasteiger partial charge in [0.1, 0.15) is 6.04 Å². The van der Waals surface area contributed by atoms with Crippen LogP contribution in [0.2, 0.25) is 0 Å². The number of nitrogens with zero attached hydrogens (tertiary/aromatic N) is 1. The van der Waals surface area contributed by atoms with Gasteiger partial charge in [0.15, 0.2) is 0 Å². The van der Waals surface area contributed by atoms with Gasteiger partial charge < -0.3 is 10.6 Å². The Balaban J connectivity index is 1.65. The molecule has 0 radical (unpaired) electrons. The van der Waals surface area contributed by atoms with Crippen molar-refractivity contribution in [2.45, 2.75) is 46.1 Å². The Morgan fingerprint density at radius 3 is 2.46 bits per heavy atom. The number of aromatic nitrogens is 1. The first-order chi connectivity index (χ1) is 13.5. The number of carbonyl (C=O) groups excluding carboxylic acids is 1. The highest BCUT2D eigenvalue weighted by Gasteiger charge is 2.16. The number of hydrogen-bond donors (Lipinski definition) is 2. The number of benzene rings is 2. The summed E-state index contributed by atoms with van der Waals surface area (Å²) in [4.78, 5) is 17.2. The number of rotatable bonds is 7. The number of anilines is 2. The van der Waals surface area contributed by atoms with Crippen molar-refractivity contribution in [1.82, 2.24) is 4.98 Å². The molecule has 0 aliphatic rings. The number of hydrogen-bond acceptors (Lipinski definition) is 4. The Labute approximate surface area is 171 Å². The Kier molecular flexibility index (Phi) is 6.47. The number of amides is 1. The molecule has 2 aromatic carbocycles. The summed E-state index contributed by atoms with van der Waals surface area (Å²) in [6, 6.07) is 15.7. The lowest BCUT2D eigenvalue weighted by molar-refractivity contribution is -0.116. The minimum absolute atomic E-state index is 0.0463. The van der Waals surface area contributed by atoms with E-state index in [4.69, 9.17) is 0 Å². The molecule has 0 aliphatic carbocycles. The van der Waals surface area contributed by atoms with Crippen LogP contribution in [0.15, 0.2) is 53.9 Å². The highest BCUT2D eigenvalue weighted by molar-refractivity contribution is 7.09. The number of thiazole rings is 1.